The second-order valence-electron chi connectivity index (χ2n) is 2.51. The van der Waals surface area contributed by atoms with Crippen molar-refractivity contribution in [2.24, 2.45) is 0 Å². The van der Waals surface area contributed by atoms with Crippen LogP contribution < -0.4 is 0 Å². The number of hydrogen-bond donors (Lipinski definition) is 1. The van der Waals surface area contributed by atoms with Gasteiger partial charge in [0.1, 0.15) is 0 Å². The van der Waals surface area contributed by atoms with Crippen LogP contribution in [-0.4, -0.2) is 11.2 Å². The molecule has 1 N–H and O–H groups in total. The summed E-state index contributed by atoms with van der Waals surface area (Å²) in [5.41, 5.74) is 1.34. The Labute approximate surface area is 55.7 Å². The first-order chi connectivity index (χ1) is 4.29. The Morgan fingerprint density at radius 2 is 2.56 bits per heavy atom. The third-order valence-electron chi connectivity index (χ3n) is 1.41. The van der Waals surface area contributed by atoms with E-state index in [-0.39, 0.29) is 6.10 Å². The van der Waals surface area contributed by atoms with E-state index in [1.165, 1.54) is 5.57 Å². The normalized spacial score (nSPS) is 20.0. The summed E-state index contributed by atoms with van der Waals surface area (Å²) in [6, 6.07) is 0. The average Bonchev–Trinajstić information content (AvgIpc) is 2.15. The molecule has 9 heavy (non-hydrogen) atoms. The minimum atomic E-state index is -0.184. The molecular weight excluding hydrogens is 112 g/mol. The molecule has 0 bridgehead atoms. The van der Waals surface area contributed by atoms with Gasteiger partial charge in [0.25, 0.3) is 0 Å². The molecule has 1 aliphatic carbocycles. The van der Waals surface area contributed by atoms with Crippen LogP contribution in [-0.2, 0) is 0 Å². The fourth-order valence-corrected chi connectivity index (χ4v) is 1.02. The molecule has 1 unspecified atom stereocenters. The molecule has 50 valence electrons. The van der Waals surface area contributed by atoms with E-state index in [9.17, 15) is 0 Å². The second-order valence-corrected chi connectivity index (χ2v) is 2.51. The van der Waals surface area contributed by atoms with Crippen molar-refractivity contribution < 1.29 is 5.11 Å². The van der Waals surface area contributed by atoms with E-state index in [1.807, 2.05) is 13.0 Å². The predicted octanol–water partition coefficient (Wildman–Crippen LogP) is 1.64. The van der Waals surface area contributed by atoms with E-state index < -0.39 is 0 Å². The van der Waals surface area contributed by atoms with Gasteiger partial charge in [0.05, 0.1) is 6.10 Å². The summed E-state index contributed by atoms with van der Waals surface area (Å²) >= 11 is 0. The Morgan fingerprint density at radius 3 is 3.00 bits per heavy atom. The van der Waals surface area contributed by atoms with Crippen LogP contribution in [0.1, 0.15) is 19.8 Å². The van der Waals surface area contributed by atoms with Crippen molar-refractivity contribution in [1.29, 1.82) is 0 Å². The predicted molar refractivity (Wildman–Crippen MR) is 38.1 cm³/mol. The largest absolute Gasteiger partial charge is 0.393 e. The maximum atomic E-state index is 8.94. The smallest absolute Gasteiger partial charge is 0.0549 e. The van der Waals surface area contributed by atoms with Gasteiger partial charge in [-0.05, 0) is 19.8 Å². The highest BCUT2D eigenvalue weighted by molar-refractivity contribution is 5.23. The molecule has 0 aliphatic heterocycles. The van der Waals surface area contributed by atoms with Crippen LogP contribution in [0.3, 0.4) is 0 Å². The van der Waals surface area contributed by atoms with Crippen LogP contribution in [0.15, 0.2) is 23.8 Å². The van der Waals surface area contributed by atoms with Crippen LogP contribution >= 0.6 is 0 Å². The zero-order valence-corrected chi connectivity index (χ0v) is 5.67. The Kier molecular flexibility index (Phi) is 2.06. The molecule has 1 aliphatic rings. The van der Waals surface area contributed by atoms with Gasteiger partial charge in [-0.15, -0.1) is 0 Å². The summed E-state index contributed by atoms with van der Waals surface area (Å²) in [6.07, 6.45) is 7.90. The van der Waals surface area contributed by atoms with Crippen molar-refractivity contribution in [3.05, 3.63) is 23.8 Å². The maximum Gasteiger partial charge on any atom is 0.0549 e. The summed E-state index contributed by atoms with van der Waals surface area (Å²) in [4.78, 5) is 0. The molecule has 0 fully saturated rings. The van der Waals surface area contributed by atoms with Crippen LogP contribution in [0.2, 0.25) is 0 Å². The molecule has 0 aromatic carbocycles. The lowest BCUT2D eigenvalue weighted by molar-refractivity contribution is 0.195. The molecule has 0 radical (unpaired) electrons. The number of aliphatic hydroxyl groups excluding tert-OH is 1. The van der Waals surface area contributed by atoms with Crippen molar-refractivity contribution in [1.82, 2.24) is 0 Å². The highest BCUT2D eigenvalue weighted by Crippen LogP contribution is 2.15. The highest BCUT2D eigenvalue weighted by Gasteiger charge is 2.01. The van der Waals surface area contributed by atoms with E-state index >= 15 is 0 Å². The topological polar surface area (TPSA) is 20.2 Å². The Balaban J connectivity index is 2.30. The van der Waals surface area contributed by atoms with Gasteiger partial charge >= 0.3 is 0 Å². The molecule has 1 nitrogen and oxygen atoms in total. The van der Waals surface area contributed by atoms with E-state index in [0.29, 0.717) is 0 Å². The SMILES string of the molecule is CC(O)CC1=CC=CC1. The van der Waals surface area contributed by atoms with E-state index in [2.05, 4.69) is 12.2 Å². The molecule has 1 heteroatoms. The Hall–Kier alpha value is -0.560. The molecule has 0 aromatic rings. The molecule has 1 atom stereocenters. The third kappa shape index (κ3) is 2.02. The zero-order valence-electron chi connectivity index (χ0n) is 5.67. The fourth-order valence-electron chi connectivity index (χ4n) is 1.02. The average molecular weight is 124 g/mol. The highest BCUT2D eigenvalue weighted by atomic mass is 16.3. The lowest BCUT2D eigenvalue weighted by atomic mass is 10.1. The Bertz CT molecular complexity index is 143. The molecular formula is C8H12O. The number of hydrogen-bond acceptors (Lipinski definition) is 1. The van der Waals surface area contributed by atoms with Crippen LogP contribution in [0, 0.1) is 0 Å². The van der Waals surface area contributed by atoms with E-state index in [0.717, 1.165) is 12.8 Å². The summed E-state index contributed by atoms with van der Waals surface area (Å²) in [6.45, 7) is 1.82. The zero-order chi connectivity index (χ0) is 6.69. The van der Waals surface area contributed by atoms with E-state index in [1.54, 1.807) is 0 Å². The monoisotopic (exact) mass is 124 g/mol. The lowest BCUT2D eigenvalue weighted by Crippen LogP contribution is -1.99. The first kappa shape index (κ1) is 6.56. The van der Waals surface area contributed by atoms with Crippen molar-refractivity contribution in [3.8, 4) is 0 Å². The molecule has 0 amide bonds. The first-order valence-electron chi connectivity index (χ1n) is 3.31. The molecule has 0 aromatic heterocycles. The summed E-state index contributed by atoms with van der Waals surface area (Å²) in [5.74, 6) is 0. The van der Waals surface area contributed by atoms with Crippen molar-refractivity contribution in [2.45, 2.75) is 25.9 Å². The minimum absolute atomic E-state index is 0.184. The number of aliphatic hydroxyl groups is 1. The van der Waals surface area contributed by atoms with Crippen molar-refractivity contribution in [2.75, 3.05) is 0 Å². The lowest BCUT2D eigenvalue weighted by Gasteiger charge is -2.02. The summed E-state index contributed by atoms with van der Waals surface area (Å²) in [7, 11) is 0. The summed E-state index contributed by atoms with van der Waals surface area (Å²) in [5, 5.41) is 8.94. The van der Waals surface area contributed by atoms with Gasteiger partial charge in [-0.25, -0.2) is 0 Å². The quantitative estimate of drug-likeness (QED) is 0.593. The standard InChI is InChI=1S/C8H12O/c1-7(9)6-8-4-2-3-5-8/h2-4,7,9H,5-6H2,1H3. The molecule has 0 heterocycles. The number of rotatable bonds is 2. The molecule has 1 rings (SSSR count). The Morgan fingerprint density at radius 1 is 1.78 bits per heavy atom. The second kappa shape index (κ2) is 2.83. The summed E-state index contributed by atoms with van der Waals surface area (Å²) < 4.78 is 0. The van der Waals surface area contributed by atoms with Gasteiger partial charge < -0.3 is 5.11 Å². The maximum absolute atomic E-state index is 8.94. The molecule has 0 spiro atoms. The van der Waals surface area contributed by atoms with Crippen LogP contribution in [0.5, 0.6) is 0 Å². The molecule has 0 saturated heterocycles. The van der Waals surface area contributed by atoms with Crippen molar-refractivity contribution >= 4 is 0 Å². The van der Waals surface area contributed by atoms with Crippen molar-refractivity contribution in [3.63, 3.8) is 0 Å². The molecule has 0 saturated carbocycles. The first-order valence-corrected chi connectivity index (χ1v) is 3.31. The van der Waals surface area contributed by atoms with Gasteiger partial charge in [0.2, 0.25) is 0 Å². The van der Waals surface area contributed by atoms with Crippen LogP contribution in [0.4, 0.5) is 0 Å². The number of allylic oxidation sites excluding steroid dienone is 3. The fraction of sp³-hybridized carbons (Fsp3) is 0.500. The third-order valence-corrected chi connectivity index (χ3v) is 1.41. The van der Waals surface area contributed by atoms with Gasteiger partial charge in [-0.1, -0.05) is 23.8 Å². The van der Waals surface area contributed by atoms with Gasteiger partial charge in [-0.2, -0.15) is 0 Å². The minimum Gasteiger partial charge on any atom is -0.393 e. The van der Waals surface area contributed by atoms with Gasteiger partial charge in [-0.3, -0.25) is 0 Å². The van der Waals surface area contributed by atoms with E-state index in [4.69, 9.17) is 5.11 Å². The van der Waals surface area contributed by atoms with Crippen LogP contribution in [0.25, 0.3) is 0 Å². The van der Waals surface area contributed by atoms with Gasteiger partial charge in [0, 0.05) is 0 Å². The van der Waals surface area contributed by atoms with Gasteiger partial charge in [0.15, 0.2) is 0 Å².